The molecule has 2 aliphatic rings. The van der Waals surface area contributed by atoms with Gasteiger partial charge in [-0.05, 0) is 44.7 Å². The van der Waals surface area contributed by atoms with Gasteiger partial charge < -0.3 is 10.1 Å². The molecule has 0 heterocycles. The van der Waals surface area contributed by atoms with Crippen LogP contribution in [0, 0.1) is 0 Å². The van der Waals surface area contributed by atoms with E-state index in [1.807, 2.05) is 6.07 Å². The Kier molecular flexibility index (Phi) is 8.41. The minimum atomic E-state index is -0.610. The molecular formula is C23H32N4O3. The molecular weight excluding hydrogens is 380 g/mol. The van der Waals surface area contributed by atoms with E-state index >= 15 is 0 Å². The molecule has 0 radical (unpaired) electrons. The smallest absolute Gasteiger partial charge is 0.361 e. The van der Waals surface area contributed by atoms with Gasteiger partial charge in [0, 0.05) is 11.6 Å². The van der Waals surface area contributed by atoms with Crippen LogP contribution < -0.4 is 10.7 Å². The Morgan fingerprint density at radius 3 is 2.23 bits per heavy atom. The highest BCUT2D eigenvalue weighted by Gasteiger charge is 2.21. The maximum Gasteiger partial charge on any atom is 0.361 e. The van der Waals surface area contributed by atoms with E-state index in [0.29, 0.717) is 11.6 Å². The first-order valence-corrected chi connectivity index (χ1v) is 11.1. The van der Waals surface area contributed by atoms with E-state index in [2.05, 4.69) is 15.8 Å². The van der Waals surface area contributed by atoms with E-state index in [-0.39, 0.29) is 23.7 Å². The number of hydrogen-bond donors (Lipinski definition) is 2. The molecule has 0 bridgehead atoms. The summed E-state index contributed by atoms with van der Waals surface area (Å²) in [5.41, 5.74) is 2.95. The molecule has 0 spiro atoms. The summed E-state index contributed by atoms with van der Waals surface area (Å²) in [5, 5.41) is 7.25. The van der Waals surface area contributed by atoms with Gasteiger partial charge in [-0.1, -0.05) is 56.7 Å². The molecule has 2 aliphatic carbocycles. The quantitative estimate of drug-likeness (QED) is 0.332. The lowest BCUT2D eigenvalue weighted by atomic mass is 9.95. The van der Waals surface area contributed by atoms with Crippen LogP contribution in [0.25, 0.3) is 0 Å². The number of nitrogens with zero attached hydrogens (tertiary/aromatic N) is 2. The van der Waals surface area contributed by atoms with E-state index in [4.69, 9.17) is 9.73 Å². The van der Waals surface area contributed by atoms with Gasteiger partial charge in [0.15, 0.2) is 0 Å². The number of hydrazone groups is 1. The van der Waals surface area contributed by atoms with Gasteiger partial charge in [-0.2, -0.15) is 5.10 Å². The van der Waals surface area contributed by atoms with E-state index in [0.717, 1.165) is 38.5 Å². The van der Waals surface area contributed by atoms with Crippen molar-refractivity contribution in [2.45, 2.75) is 83.2 Å². The predicted molar refractivity (Wildman–Crippen MR) is 117 cm³/mol. The molecule has 0 saturated heterocycles. The number of carbonyl (C=O) groups excluding carboxylic acids is 2. The zero-order valence-electron chi connectivity index (χ0n) is 17.7. The fraction of sp³-hybridized carbons (Fsp3) is 0.565. The van der Waals surface area contributed by atoms with Gasteiger partial charge in [0.25, 0.3) is 11.9 Å². The SMILES string of the molecule is C/C(=N\NC(=O)c1ccccc1)C(=O)OC(=NC1CCCCC1)NC1CCCCC1. The second-order valence-corrected chi connectivity index (χ2v) is 8.10. The van der Waals surface area contributed by atoms with Crippen LogP contribution in [0.4, 0.5) is 0 Å². The number of carbonyl (C=O) groups is 2. The van der Waals surface area contributed by atoms with Crippen LogP contribution in [-0.4, -0.2) is 35.7 Å². The molecule has 2 saturated carbocycles. The Balaban J connectivity index is 1.61. The number of benzene rings is 1. The maximum atomic E-state index is 12.6. The van der Waals surface area contributed by atoms with E-state index < -0.39 is 5.97 Å². The molecule has 1 aromatic carbocycles. The monoisotopic (exact) mass is 412 g/mol. The number of amides is 1. The third-order valence-electron chi connectivity index (χ3n) is 5.65. The molecule has 1 amide bonds. The molecule has 0 atom stereocenters. The van der Waals surface area contributed by atoms with Crippen LogP contribution in [0.1, 0.15) is 81.5 Å². The molecule has 1 aromatic rings. The van der Waals surface area contributed by atoms with Crippen molar-refractivity contribution in [1.82, 2.24) is 10.7 Å². The Bertz CT molecular complexity index is 764. The third-order valence-corrected chi connectivity index (χ3v) is 5.65. The van der Waals surface area contributed by atoms with E-state index in [1.54, 1.807) is 24.3 Å². The standard InChI is InChI=1S/C23H32N4O3/c1-17(26-27-21(28)18-11-5-2-6-12-18)22(29)30-23(24-19-13-7-3-8-14-19)25-20-15-9-4-10-16-20/h2,5-6,11-12,19-20H,3-4,7-10,13-16H2,1H3,(H,24,25)(H,27,28)/b26-17+. The van der Waals surface area contributed by atoms with Gasteiger partial charge in [-0.3, -0.25) is 4.79 Å². The van der Waals surface area contributed by atoms with Crippen molar-refractivity contribution in [2.75, 3.05) is 0 Å². The molecule has 2 N–H and O–H groups in total. The van der Waals surface area contributed by atoms with Crippen molar-refractivity contribution in [3.8, 4) is 0 Å². The summed E-state index contributed by atoms with van der Waals surface area (Å²) < 4.78 is 5.57. The summed E-state index contributed by atoms with van der Waals surface area (Å²) in [7, 11) is 0. The van der Waals surface area contributed by atoms with Gasteiger partial charge in [0.1, 0.15) is 5.71 Å². The van der Waals surface area contributed by atoms with Crippen molar-refractivity contribution in [2.24, 2.45) is 10.1 Å². The van der Waals surface area contributed by atoms with Gasteiger partial charge in [-0.25, -0.2) is 15.2 Å². The van der Waals surface area contributed by atoms with Crippen molar-refractivity contribution in [3.05, 3.63) is 35.9 Å². The zero-order chi connectivity index (χ0) is 21.2. The Morgan fingerprint density at radius 1 is 0.933 bits per heavy atom. The number of amidine groups is 1. The third kappa shape index (κ3) is 6.97. The summed E-state index contributed by atoms with van der Waals surface area (Å²) in [6.07, 6.45) is 11.3. The highest BCUT2D eigenvalue weighted by molar-refractivity contribution is 6.37. The van der Waals surface area contributed by atoms with E-state index in [9.17, 15) is 9.59 Å². The summed E-state index contributed by atoms with van der Waals surface area (Å²) in [6, 6.07) is 9.49. The van der Waals surface area contributed by atoms with Gasteiger partial charge in [-0.15, -0.1) is 0 Å². The average molecular weight is 413 g/mol. The number of hydrogen-bond acceptors (Lipinski definition) is 5. The largest absolute Gasteiger partial charge is 0.388 e. The van der Waals surface area contributed by atoms with Crippen molar-refractivity contribution in [1.29, 1.82) is 0 Å². The lowest BCUT2D eigenvalue weighted by Gasteiger charge is -2.25. The van der Waals surface area contributed by atoms with Gasteiger partial charge >= 0.3 is 5.97 Å². The van der Waals surface area contributed by atoms with Crippen molar-refractivity contribution >= 4 is 23.6 Å². The summed E-state index contributed by atoms with van der Waals surface area (Å²) >= 11 is 0. The first kappa shape index (κ1) is 22.0. The zero-order valence-corrected chi connectivity index (χ0v) is 17.7. The fourth-order valence-corrected chi connectivity index (χ4v) is 3.89. The fourth-order valence-electron chi connectivity index (χ4n) is 3.89. The second kappa shape index (κ2) is 11.5. The molecule has 3 rings (SSSR count). The van der Waals surface area contributed by atoms with Crippen molar-refractivity contribution < 1.29 is 14.3 Å². The normalized spacial score (nSPS) is 19.2. The molecule has 30 heavy (non-hydrogen) atoms. The average Bonchev–Trinajstić information content (AvgIpc) is 2.79. The molecule has 7 nitrogen and oxygen atoms in total. The highest BCUT2D eigenvalue weighted by Crippen LogP contribution is 2.21. The van der Waals surface area contributed by atoms with Crippen molar-refractivity contribution in [3.63, 3.8) is 0 Å². The topological polar surface area (TPSA) is 92.2 Å². The summed E-state index contributed by atoms with van der Waals surface area (Å²) in [6.45, 7) is 1.52. The van der Waals surface area contributed by atoms with Crippen LogP contribution in [0.3, 0.4) is 0 Å². The molecule has 0 unspecified atom stereocenters. The van der Waals surface area contributed by atoms with Crippen LogP contribution >= 0.6 is 0 Å². The predicted octanol–water partition coefficient (Wildman–Crippen LogP) is 3.95. The number of esters is 1. The number of ether oxygens (including phenoxy) is 1. The minimum Gasteiger partial charge on any atom is -0.388 e. The van der Waals surface area contributed by atoms with Crippen LogP contribution in [0.15, 0.2) is 40.4 Å². The molecule has 162 valence electrons. The Morgan fingerprint density at radius 2 is 1.57 bits per heavy atom. The summed E-state index contributed by atoms with van der Waals surface area (Å²) in [5.74, 6) is -0.986. The first-order valence-electron chi connectivity index (χ1n) is 11.1. The van der Waals surface area contributed by atoms with E-state index in [1.165, 1.54) is 32.6 Å². The Labute approximate surface area is 178 Å². The molecule has 0 aliphatic heterocycles. The van der Waals surface area contributed by atoms with Gasteiger partial charge in [0.05, 0.1) is 6.04 Å². The van der Waals surface area contributed by atoms with Crippen LogP contribution in [-0.2, 0) is 9.53 Å². The number of aliphatic imine (C=N–C) groups is 1. The lowest BCUT2D eigenvalue weighted by Crippen LogP contribution is -2.40. The summed E-state index contributed by atoms with van der Waals surface area (Å²) in [4.78, 5) is 29.4. The minimum absolute atomic E-state index is 0.0704. The Hall–Kier alpha value is -2.70. The van der Waals surface area contributed by atoms with Crippen LogP contribution in [0.5, 0.6) is 0 Å². The highest BCUT2D eigenvalue weighted by atomic mass is 16.6. The molecule has 7 heteroatoms. The van der Waals surface area contributed by atoms with Crippen LogP contribution in [0.2, 0.25) is 0 Å². The maximum absolute atomic E-state index is 12.6. The lowest BCUT2D eigenvalue weighted by molar-refractivity contribution is -0.128. The number of rotatable bonds is 5. The molecule has 0 aromatic heterocycles. The molecule has 2 fully saturated rings. The first-order chi connectivity index (χ1) is 14.6. The van der Waals surface area contributed by atoms with Gasteiger partial charge in [0.2, 0.25) is 0 Å². The second-order valence-electron chi connectivity index (χ2n) is 8.10. The number of nitrogens with one attached hydrogen (secondary N) is 2.